The number of halogens is 3. The van der Waals surface area contributed by atoms with Crippen molar-refractivity contribution in [1.29, 1.82) is 0 Å². The lowest BCUT2D eigenvalue weighted by Gasteiger charge is -2.09. The summed E-state index contributed by atoms with van der Waals surface area (Å²) in [6.07, 6.45) is 1.50. The molecular weight excluding hydrogens is 317 g/mol. The Morgan fingerprint density at radius 1 is 1.10 bits per heavy atom. The molecule has 106 valence electrons. The summed E-state index contributed by atoms with van der Waals surface area (Å²) in [5, 5.41) is 4.76. The van der Waals surface area contributed by atoms with E-state index in [9.17, 15) is 0 Å². The third-order valence-corrected chi connectivity index (χ3v) is 3.60. The van der Waals surface area contributed by atoms with Crippen LogP contribution in [-0.4, -0.2) is 16.5 Å². The van der Waals surface area contributed by atoms with Crippen LogP contribution in [0.25, 0.3) is 0 Å². The first kappa shape index (κ1) is 15.4. The zero-order chi connectivity index (χ0) is 14.5. The number of nitrogens with one attached hydrogen (secondary N) is 1. The lowest BCUT2D eigenvalue weighted by molar-refractivity contribution is 0.937. The van der Waals surface area contributed by atoms with E-state index in [-0.39, 0.29) is 0 Å². The van der Waals surface area contributed by atoms with Crippen LogP contribution in [0.4, 0.5) is 5.95 Å². The van der Waals surface area contributed by atoms with Crippen LogP contribution >= 0.6 is 34.8 Å². The molecule has 0 unspecified atom stereocenters. The number of benzene rings is 1. The monoisotopic (exact) mass is 329 g/mol. The standard InChI is InChI=1S/C14H14Cl3N3/c1-2-6-18-14-19-9(8-13(17)20-14)7-10-11(15)4-3-5-12(10)16/h3-5,8H,2,6-7H2,1H3,(H,18,19,20). The van der Waals surface area contributed by atoms with Crippen molar-refractivity contribution in [3.8, 4) is 0 Å². The molecule has 1 N–H and O–H groups in total. The van der Waals surface area contributed by atoms with Gasteiger partial charge in [0.25, 0.3) is 0 Å². The summed E-state index contributed by atoms with van der Waals surface area (Å²) in [6, 6.07) is 7.15. The van der Waals surface area contributed by atoms with Crippen molar-refractivity contribution >= 4 is 40.8 Å². The molecule has 1 heterocycles. The average Bonchev–Trinajstić information content (AvgIpc) is 2.40. The Morgan fingerprint density at radius 2 is 1.80 bits per heavy atom. The molecule has 6 heteroatoms. The predicted octanol–water partition coefficient (Wildman–Crippen LogP) is 4.85. The highest BCUT2D eigenvalue weighted by atomic mass is 35.5. The van der Waals surface area contributed by atoms with Gasteiger partial charge in [0.1, 0.15) is 5.15 Å². The minimum absolute atomic E-state index is 0.400. The molecule has 20 heavy (non-hydrogen) atoms. The second-order valence-electron chi connectivity index (χ2n) is 4.31. The Morgan fingerprint density at radius 3 is 2.45 bits per heavy atom. The third-order valence-electron chi connectivity index (χ3n) is 2.70. The van der Waals surface area contributed by atoms with Gasteiger partial charge in [0.2, 0.25) is 5.95 Å². The average molecular weight is 331 g/mol. The summed E-state index contributed by atoms with van der Waals surface area (Å²) in [5.41, 5.74) is 1.62. The minimum atomic E-state index is 0.400. The fourth-order valence-corrected chi connectivity index (χ4v) is 2.49. The molecule has 1 aromatic carbocycles. The van der Waals surface area contributed by atoms with E-state index in [1.165, 1.54) is 0 Å². The van der Waals surface area contributed by atoms with E-state index in [0.29, 0.717) is 27.6 Å². The SMILES string of the molecule is CCCNc1nc(Cl)cc(Cc2c(Cl)cccc2Cl)n1. The second-order valence-corrected chi connectivity index (χ2v) is 5.51. The van der Waals surface area contributed by atoms with Gasteiger partial charge in [-0.3, -0.25) is 0 Å². The van der Waals surface area contributed by atoms with Gasteiger partial charge in [-0.15, -0.1) is 0 Å². The lowest BCUT2D eigenvalue weighted by Crippen LogP contribution is -2.06. The first-order chi connectivity index (χ1) is 9.60. The molecule has 2 rings (SSSR count). The molecule has 0 atom stereocenters. The summed E-state index contributed by atoms with van der Waals surface area (Å²) in [7, 11) is 0. The zero-order valence-corrected chi connectivity index (χ0v) is 13.2. The Balaban J connectivity index is 2.27. The van der Waals surface area contributed by atoms with Crippen molar-refractivity contribution in [1.82, 2.24) is 9.97 Å². The molecule has 0 aliphatic heterocycles. The highest BCUT2D eigenvalue weighted by molar-refractivity contribution is 6.36. The molecule has 0 amide bonds. The van der Waals surface area contributed by atoms with E-state index in [0.717, 1.165) is 24.2 Å². The molecule has 0 radical (unpaired) electrons. The summed E-state index contributed by atoms with van der Waals surface area (Å²) >= 11 is 18.3. The van der Waals surface area contributed by atoms with Gasteiger partial charge in [-0.2, -0.15) is 0 Å². The zero-order valence-electron chi connectivity index (χ0n) is 11.0. The number of anilines is 1. The van der Waals surface area contributed by atoms with E-state index in [2.05, 4.69) is 22.2 Å². The molecule has 2 aromatic rings. The molecule has 0 saturated heterocycles. The summed E-state index contributed by atoms with van der Waals surface area (Å²) in [6.45, 7) is 2.87. The van der Waals surface area contributed by atoms with Gasteiger partial charge in [-0.25, -0.2) is 9.97 Å². The largest absolute Gasteiger partial charge is 0.354 e. The van der Waals surface area contributed by atoms with Crippen LogP contribution in [0.2, 0.25) is 15.2 Å². The lowest BCUT2D eigenvalue weighted by atomic mass is 10.1. The summed E-state index contributed by atoms with van der Waals surface area (Å²) in [4.78, 5) is 8.56. The van der Waals surface area contributed by atoms with Crippen molar-refractivity contribution in [3.05, 3.63) is 50.7 Å². The molecule has 1 aromatic heterocycles. The van der Waals surface area contributed by atoms with Gasteiger partial charge in [-0.05, 0) is 30.2 Å². The Labute approximate surface area is 133 Å². The molecule has 0 bridgehead atoms. The van der Waals surface area contributed by atoms with Crippen molar-refractivity contribution in [2.45, 2.75) is 19.8 Å². The molecule has 3 nitrogen and oxygen atoms in total. The van der Waals surface area contributed by atoms with Crippen molar-refractivity contribution in [2.24, 2.45) is 0 Å². The van der Waals surface area contributed by atoms with Gasteiger partial charge < -0.3 is 5.32 Å². The van der Waals surface area contributed by atoms with Crippen LogP contribution in [0.15, 0.2) is 24.3 Å². The Bertz CT molecular complexity index is 582. The number of hydrogen-bond acceptors (Lipinski definition) is 3. The molecular formula is C14H14Cl3N3. The Hall–Kier alpha value is -1.03. The topological polar surface area (TPSA) is 37.8 Å². The van der Waals surface area contributed by atoms with Gasteiger partial charge >= 0.3 is 0 Å². The van der Waals surface area contributed by atoms with Crippen LogP contribution in [0.3, 0.4) is 0 Å². The number of aromatic nitrogens is 2. The molecule has 0 aliphatic rings. The van der Waals surface area contributed by atoms with Crippen molar-refractivity contribution in [2.75, 3.05) is 11.9 Å². The number of nitrogens with zero attached hydrogens (tertiary/aromatic N) is 2. The summed E-state index contributed by atoms with van der Waals surface area (Å²) in [5.74, 6) is 0.525. The van der Waals surface area contributed by atoms with Gasteiger partial charge in [0.15, 0.2) is 0 Å². The van der Waals surface area contributed by atoms with Crippen LogP contribution in [0.1, 0.15) is 24.6 Å². The van der Waals surface area contributed by atoms with Crippen LogP contribution in [0, 0.1) is 0 Å². The van der Waals surface area contributed by atoms with Gasteiger partial charge in [0.05, 0.1) is 5.69 Å². The quantitative estimate of drug-likeness (QED) is 0.796. The van der Waals surface area contributed by atoms with E-state index in [1.54, 1.807) is 6.07 Å². The first-order valence-corrected chi connectivity index (χ1v) is 7.43. The maximum absolute atomic E-state index is 6.17. The molecule has 0 aliphatic carbocycles. The Kier molecular flexibility index (Phi) is 5.46. The van der Waals surface area contributed by atoms with E-state index in [1.807, 2.05) is 18.2 Å². The van der Waals surface area contributed by atoms with E-state index in [4.69, 9.17) is 34.8 Å². The van der Waals surface area contributed by atoms with Gasteiger partial charge in [-0.1, -0.05) is 47.8 Å². The maximum atomic E-state index is 6.17. The number of rotatable bonds is 5. The fraction of sp³-hybridized carbons (Fsp3) is 0.286. The predicted molar refractivity (Wildman–Crippen MR) is 85.1 cm³/mol. The van der Waals surface area contributed by atoms with E-state index >= 15 is 0 Å². The molecule has 0 spiro atoms. The molecule has 0 fully saturated rings. The van der Waals surface area contributed by atoms with Crippen LogP contribution in [0.5, 0.6) is 0 Å². The normalized spacial score (nSPS) is 10.6. The van der Waals surface area contributed by atoms with Crippen molar-refractivity contribution in [3.63, 3.8) is 0 Å². The third kappa shape index (κ3) is 3.98. The maximum Gasteiger partial charge on any atom is 0.224 e. The first-order valence-electron chi connectivity index (χ1n) is 6.30. The fourth-order valence-electron chi connectivity index (χ4n) is 1.75. The van der Waals surface area contributed by atoms with Crippen LogP contribution < -0.4 is 5.32 Å². The smallest absolute Gasteiger partial charge is 0.224 e. The summed E-state index contributed by atoms with van der Waals surface area (Å²) < 4.78 is 0. The van der Waals surface area contributed by atoms with Crippen molar-refractivity contribution < 1.29 is 0 Å². The van der Waals surface area contributed by atoms with Crippen LogP contribution in [-0.2, 0) is 6.42 Å². The number of hydrogen-bond donors (Lipinski definition) is 1. The molecule has 0 saturated carbocycles. The van der Waals surface area contributed by atoms with E-state index < -0.39 is 0 Å². The minimum Gasteiger partial charge on any atom is -0.354 e. The second kappa shape index (κ2) is 7.11. The highest BCUT2D eigenvalue weighted by Gasteiger charge is 2.09. The highest BCUT2D eigenvalue weighted by Crippen LogP contribution is 2.27. The van der Waals surface area contributed by atoms with Gasteiger partial charge in [0, 0.05) is 23.0 Å².